The Labute approximate surface area is 181 Å². The SMILES string of the molecule is CN1C(=O)Cc2cc(-c3ccc(C(C/C(=C\F)CN)n4cn[nH]c4=O)s3)cnc21.Cl. The number of thiophene rings is 1. The second-order valence-electron chi connectivity index (χ2n) is 6.80. The highest BCUT2D eigenvalue weighted by Crippen LogP contribution is 2.37. The molecule has 3 aromatic rings. The number of fused-ring (bicyclic) bond motifs is 1. The number of hydrogen-bond donors (Lipinski definition) is 2. The first-order chi connectivity index (χ1) is 14.0. The van der Waals surface area contributed by atoms with Crippen LogP contribution in [0.1, 0.15) is 22.9 Å². The van der Waals surface area contributed by atoms with Gasteiger partial charge in [0.1, 0.15) is 12.1 Å². The van der Waals surface area contributed by atoms with E-state index < -0.39 is 6.04 Å². The predicted molar refractivity (Wildman–Crippen MR) is 116 cm³/mol. The third-order valence-corrected chi connectivity index (χ3v) is 6.24. The largest absolute Gasteiger partial charge is 0.343 e. The molecule has 1 aliphatic rings. The first kappa shape index (κ1) is 21.9. The van der Waals surface area contributed by atoms with Crippen molar-refractivity contribution in [3.05, 3.63) is 63.6 Å². The Morgan fingerprint density at radius 3 is 2.90 bits per heavy atom. The molecule has 0 saturated heterocycles. The maximum atomic E-state index is 13.1. The van der Waals surface area contributed by atoms with E-state index in [0.29, 0.717) is 24.1 Å². The lowest BCUT2D eigenvalue weighted by Gasteiger charge is -2.16. The average Bonchev–Trinajstić information content (AvgIpc) is 3.43. The van der Waals surface area contributed by atoms with Crippen molar-refractivity contribution < 1.29 is 9.18 Å². The van der Waals surface area contributed by atoms with Gasteiger partial charge in [-0.3, -0.25) is 14.3 Å². The summed E-state index contributed by atoms with van der Waals surface area (Å²) in [4.78, 5) is 31.8. The number of nitrogens with zero attached hydrogens (tertiary/aromatic N) is 4. The van der Waals surface area contributed by atoms with Crippen LogP contribution in [-0.4, -0.2) is 39.2 Å². The van der Waals surface area contributed by atoms with E-state index in [9.17, 15) is 14.0 Å². The summed E-state index contributed by atoms with van der Waals surface area (Å²) < 4.78 is 14.6. The number of carbonyl (C=O) groups is 1. The van der Waals surface area contributed by atoms with E-state index >= 15 is 0 Å². The van der Waals surface area contributed by atoms with E-state index in [-0.39, 0.29) is 37.0 Å². The molecule has 30 heavy (non-hydrogen) atoms. The number of rotatable bonds is 6. The van der Waals surface area contributed by atoms with E-state index in [2.05, 4.69) is 15.2 Å². The smallest absolute Gasteiger partial charge is 0.327 e. The summed E-state index contributed by atoms with van der Waals surface area (Å²) >= 11 is 1.48. The summed E-state index contributed by atoms with van der Waals surface area (Å²) in [5.41, 5.74) is 7.42. The Morgan fingerprint density at radius 2 is 2.23 bits per heavy atom. The Balaban J connectivity index is 0.00000256. The Bertz CT molecular complexity index is 1150. The van der Waals surface area contributed by atoms with Gasteiger partial charge in [-0.1, -0.05) is 0 Å². The van der Waals surface area contributed by atoms with Crippen LogP contribution in [0, 0.1) is 0 Å². The zero-order valence-electron chi connectivity index (χ0n) is 16.0. The van der Waals surface area contributed by atoms with Crippen LogP contribution in [0.2, 0.25) is 0 Å². The number of nitrogens with one attached hydrogen (secondary N) is 1. The normalized spacial score (nSPS) is 14.6. The quantitative estimate of drug-likeness (QED) is 0.599. The molecule has 1 amide bonds. The van der Waals surface area contributed by atoms with Crippen molar-refractivity contribution >= 4 is 35.5 Å². The van der Waals surface area contributed by atoms with Crippen LogP contribution in [0.3, 0.4) is 0 Å². The molecule has 8 nitrogen and oxygen atoms in total. The molecular formula is C19H20ClFN6O2S. The number of H-pyrrole nitrogens is 1. The minimum absolute atomic E-state index is 0. The molecule has 158 valence electrons. The van der Waals surface area contributed by atoms with E-state index in [4.69, 9.17) is 5.73 Å². The lowest BCUT2D eigenvalue weighted by molar-refractivity contribution is -0.117. The Hall–Kier alpha value is -2.82. The monoisotopic (exact) mass is 450 g/mol. The third-order valence-electron chi connectivity index (χ3n) is 5.00. The molecule has 3 N–H and O–H groups in total. The van der Waals surface area contributed by atoms with Crippen molar-refractivity contribution in [1.82, 2.24) is 19.7 Å². The Kier molecular flexibility index (Phi) is 6.49. The van der Waals surface area contributed by atoms with Crippen LogP contribution in [0.15, 0.2) is 47.4 Å². The van der Waals surface area contributed by atoms with Crippen LogP contribution in [0.4, 0.5) is 10.2 Å². The van der Waals surface area contributed by atoms with Crippen LogP contribution in [0.5, 0.6) is 0 Å². The maximum absolute atomic E-state index is 13.1. The highest BCUT2D eigenvalue weighted by atomic mass is 35.5. The highest BCUT2D eigenvalue weighted by molar-refractivity contribution is 7.15. The summed E-state index contributed by atoms with van der Waals surface area (Å²) in [5, 5.41) is 6.16. The Morgan fingerprint density at radius 1 is 1.43 bits per heavy atom. The molecule has 0 radical (unpaired) electrons. The van der Waals surface area contributed by atoms with E-state index in [1.54, 1.807) is 18.1 Å². The fraction of sp³-hybridized carbons (Fsp3) is 0.263. The number of likely N-dealkylation sites (N-methyl/N-ethyl adjacent to an activating group) is 1. The third kappa shape index (κ3) is 3.93. The zero-order chi connectivity index (χ0) is 20.5. The van der Waals surface area contributed by atoms with Gasteiger partial charge >= 0.3 is 5.69 Å². The van der Waals surface area contributed by atoms with Gasteiger partial charge in [0.05, 0.1) is 18.8 Å². The van der Waals surface area contributed by atoms with Crippen LogP contribution in [0.25, 0.3) is 10.4 Å². The highest BCUT2D eigenvalue weighted by Gasteiger charge is 2.26. The molecule has 0 fully saturated rings. The van der Waals surface area contributed by atoms with E-state index in [1.165, 1.54) is 22.2 Å². The fourth-order valence-corrected chi connectivity index (χ4v) is 4.48. The van der Waals surface area contributed by atoms with Gasteiger partial charge in [0.2, 0.25) is 5.91 Å². The minimum Gasteiger partial charge on any atom is -0.327 e. The van der Waals surface area contributed by atoms with Gasteiger partial charge < -0.3 is 5.73 Å². The molecule has 1 aliphatic heterocycles. The van der Waals surface area contributed by atoms with Crippen LogP contribution in [-0.2, 0) is 11.2 Å². The molecule has 4 heterocycles. The molecule has 11 heteroatoms. The van der Waals surface area contributed by atoms with Gasteiger partial charge in [0.25, 0.3) is 0 Å². The zero-order valence-corrected chi connectivity index (χ0v) is 17.7. The number of hydrogen-bond acceptors (Lipinski definition) is 6. The van der Waals surface area contributed by atoms with Gasteiger partial charge in [-0.15, -0.1) is 23.7 Å². The van der Waals surface area contributed by atoms with Gasteiger partial charge in [-0.05, 0) is 30.2 Å². The molecule has 0 aliphatic carbocycles. The number of aromatic amines is 1. The van der Waals surface area contributed by atoms with E-state index in [0.717, 1.165) is 20.9 Å². The number of halogens is 2. The first-order valence-corrected chi connectivity index (χ1v) is 9.78. The second kappa shape index (κ2) is 8.90. The summed E-state index contributed by atoms with van der Waals surface area (Å²) in [5.74, 6) is 0.697. The predicted octanol–water partition coefficient (Wildman–Crippen LogP) is 2.43. The lowest BCUT2D eigenvalue weighted by Crippen LogP contribution is -2.23. The molecular weight excluding hydrogens is 431 g/mol. The molecule has 1 atom stereocenters. The van der Waals surface area contributed by atoms with Gasteiger partial charge in [0, 0.05) is 40.7 Å². The maximum Gasteiger partial charge on any atom is 0.343 e. The fourth-order valence-electron chi connectivity index (χ4n) is 3.39. The van der Waals surface area contributed by atoms with Crippen molar-refractivity contribution in [1.29, 1.82) is 0 Å². The van der Waals surface area contributed by atoms with Crippen molar-refractivity contribution in [2.75, 3.05) is 18.5 Å². The van der Waals surface area contributed by atoms with Crippen molar-refractivity contribution in [2.24, 2.45) is 5.73 Å². The number of aromatic nitrogens is 4. The number of pyridine rings is 1. The molecule has 1 unspecified atom stereocenters. The van der Waals surface area contributed by atoms with Crippen molar-refractivity contribution in [3.8, 4) is 10.4 Å². The molecule has 0 spiro atoms. The van der Waals surface area contributed by atoms with Crippen molar-refractivity contribution in [3.63, 3.8) is 0 Å². The number of anilines is 1. The average molecular weight is 451 g/mol. The first-order valence-electron chi connectivity index (χ1n) is 8.97. The number of carbonyl (C=O) groups excluding carboxylic acids is 1. The molecule has 0 saturated carbocycles. The molecule has 3 aromatic heterocycles. The van der Waals surface area contributed by atoms with Gasteiger partial charge in [0.15, 0.2) is 0 Å². The van der Waals surface area contributed by atoms with Gasteiger partial charge in [-0.25, -0.2) is 19.3 Å². The molecule has 0 aromatic carbocycles. The number of amides is 1. The topological polar surface area (TPSA) is 110 Å². The molecule has 4 rings (SSSR count). The summed E-state index contributed by atoms with van der Waals surface area (Å²) in [6, 6.07) is 5.37. The summed E-state index contributed by atoms with van der Waals surface area (Å²) in [6.07, 6.45) is 4.21. The summed E-state index contributed by atoms with van der Waals surface area (Å²) in [7, 11) is 1.71. The van der Waals surface area contributed by atoms with Gasteiger partial charge in [-0.2, -0.15) is 5.10 Å². The number of nitrogens with two attached hydrogens (primary N) is 1. The summed E-state index contributed by atoms with van der Waals surface area (Å²) in [6.45, 7) is 0.0636. The van der Waals surface area contributed by atoms with E-state index in [1.807, 2.05) is 18.2 Å². The van der Waals surface area contributed by atoms with Crippen molar-refractivity contribution in [2.45, 2.75) is 18.9 Å². The lowest BCUT2D eigenvalue weighted by atomic mass is 10.1. The van der Waals surface area contributed by atoms with Crippen LogP contribution < -0.4 is 16.3 Å². The molecule has 0 bridgehead atoms. The van der Waals surface area contributed by atoms with Crippen LogP contribution >= 0.6 is 23.7 Å². The standard InChI is InChI=1S/C19H19FN6O2S.ClH/c1-25-17(27)6-12-5-13(9-22-18(12)25)15-2-3-16(29-15)14(4-11(7-20)8-21)26-10-23-24-19(26)28;/h2-3,5,7,9-10,14H,4,6,8,21H2,1H3,(H,24,28);1H/b11-7+;. The minimum atomic E-state index is -0.430. The second-order valence-corrected chi connectivity index (χ2v) is 7.91.